The van der Waals surface area contributed by atoms with Gasteiger partial charge in [-0.25, -0.2) is 0 Å². The maximum absolute atomic E-state index is 10.6. The summed E-state index contributed by atoms with van der Waals surface area (Å²) in [5.41, 5.74) is 0.798. The SMILES string of the molecule is O=[N+]([O-])c1nn(Cc2ccncc2Cl)cc1Br. The van der Waals surface area contributed by atoms with Crippen LogP contribution < -0.4 is 0 Å². The molecule has 0 aliphatic carbocycles. The highest BCUT2D eigenvalue weighted by Gasteiger charge is 2.18. The smallest absolute Gasteiger partial charge is 0.358 e. The average Bonchev–Trinajstić information content (AvgIpc) is 2.63. The van der Waals surface area contributed by atoms with Gasteiger partial charge in [-0.05, 0) is 32.5 Å². The lowest BCUT2D eigenvalue weighted by molar-refractivity contribution is -0.390. The Hall–Kier alpha value is -1.47. The molecule has 2 aromatic rings. The lowest BCUT2D eigenvalue weighted by Gasteiger charge is -1.99. The van der Waals surface area contributed by atoms with E-state index in [2.05, 4.69) is 26.0 Å². The van der Waals surface area contributed by atoms with E-state index in [1.54, 1.807) is 12.3 Å². The molecule has 0 bridgehead atoms. The Morgan fingerprint density at radius 3 is 2.94 bits per heavy atom. The van der Waals surface area contributed by atoms with Gasteiger partial charge in [-0.3, -0.25) is 4.98 Å². The summed E-state index contributed by atoms with van der Waals surface area (Å²) in [4.78, 5) is 13.9. The summed E-state index contributed by atoms with van der Waals surface area (Å²) in [5, 5.41) is 15.0. The molecule has 0 aliphatic rings. The third-order valence-electron chi connectivity index (χ3n) is 2.06. The molecule has 8 heteroatoms. The van der Waals surface area contributed by atoms with Crippen LogP contribution in [0, 0.1) is 10.1 Å². The molecule has 0 N–H and O–H groups in total. The molecule has 2 aromatic heterocycles. The van der Waals surface area contributed by atoms with Gasteiger partial charge in [0.25, 0.3) is 0 Å². The van der Waals surface area contributed by atoms with Crippen molar-refractivity contribution in [3.05, 3.63) is 49.8 Å². The number of pyridine rings is 1. The fraction of sp³-hybridized carbons (Fsp3) is 0.111. The van der Waals surface area contributed by atoms with E-state index in [1.165, 1.54) is 17.1 Å². The van der Waals surface area contributed by atoms with Gasteiger partial charge in [0, 0.05) is 12.4 Å². The first kappa shape index (κ1) is 12.0. The van der Waals surface area contributed by atoms with E-state index in [0.29, 0.717) is 16.0 Å². The second-order valence-electron chi connectivity index (χ2n) is 3.22. The topological polar surface area (TPSA) is 73.8 Å². The fourth-order valence-electron chi connectivity index (χ4n) is 1.30. The molecule has 0 fully saturated rings. The largest absolute Gasteiger partial charge is 0.404 e. The Bertz CT molecular complexity index is 572. The number of nitro groups is 1. The molecule has 0 amide bonds. The molecule has 2 rings (SSSR count). The first-order valence-corrected chi connectivity index (χ1v) is 5.71. The standard InChI is InChI=1S/C9H6BrClN4O2/c10-7-5-14(13-9(7)15(16)17)4-6-1-2-12-3-8(6)11/h1-3,5H,4H2. The predicted octanol–water partition coefficient (Wildman–Crippen LogP) is 2.65. The molecule has 0 spiro atoms. The lowest BCUT2D eigenvalue weighted by Crippen LogP contribution is -2.02. The summed E-state index contributed by atoms with van der Waals surface area (Å²) < 4.78 is 1.79. The molecule has 0 unspecified atom stereocenters. The van der Waals surface area contributed by atoms with Crippen LogP contribution >= 0.6 is 27.5 Å². The Balaban J connectivity index is 2.28. The molecule has 88 valence electrons. The van der Waals surface area contributed by atoms with Gasteiger partial charge in [-0.1, -0.05) is 11.6 Å². The van der Waals surface area contributed by atoms with E-state index in [9.17, 15) is 10.1 Å². The molecule has 0 radical (unpaired) electrons. The van der Waals surface area contributed by atoms with Crippen LogP contribution in [0.3, 0.4) is 0 Å². The number of aromatic nitrogens is 3. The van der Waals surface area contributed by atoms with Crippen LogP contribution in [0.4, 0.5) is 5.82 Å². The van der Waals surface area contributed by atoms with Crippen molar-refractivity contribution in [2.45, 2.75) is 6.54 Å². The number of hydrogen-bond donors (Lipinski definition) is 0. The maximum Gasteiger partial charge on any atom is 0.404 e. The number of rotatable bonds is 3. The fourth-order valence-corrected chi connectivity index (χ4v) is 1.94. The molecule has 0 aromatic carbocycles. The Kier molecular flexibility index (Phi) is 3.39. The van der Waals surface area contributed by atoms with Crippen molar-refractivity contribution in [1.82, 2.24) is 14.8 Å². The lowest BCUT2D eigenvalue weighted by atomic mass is 10.3. The summed E-state index contributed by atoms with van der Waals surface area (Å²) in [6.45, 7) is 0.355. The van der Waals surface area contributed by atoms with E-state index >= 15 is 0 Å². The second kappa shape index (κ2) is 4.80. The number of halogens is 2. The van der Waals surface area contributed by atoms with Crippen LogP contribution in [0.1, 0.15) is 5.56 Å². The molecular formula is C9H6BrClN4O2. The normalized spacial score (nSPS) is 10.5. The maximum atomic E-state index is 10.6. The van der Waals surface area contributed by atoms with Gasteiger partial charge >= 0.3 is 5.82 Å². The highest BCUT2D eigenvalue weighted by atomic mass is 79.9. The van der Waals surface area contributed by atoms with Crippen molar-refractivity contribution in [1.29, 1.82) is 0 Å². The second-order valence-corrected chi connectivity index (χ2v) is 4.48. The van der Waals surface area contributed by atoms with Crippen LogP contribution in [-0.2, 0) is 6.54 Å². The third-order valence-corrected chi connectivity index (χ3v) is 2.96. The first-order chi connectivity index (χ1) is 8.08. The van der Waals surface area contributed by atoms with E-state index in [0.717, 1.165) is 5.56 Å². The molecule has 0 saturated carbocycles. The minimum absolute atomic E-state index is 0.213. The number of hydrogen-bond acceptors (Lipinski definition) is 4. The quantitative estimate of drug-likeness (QED) is 0.644. The van der Waals surface area contributed by atoms with E-state index < -0.39 is 4.92 Å². The van der Waals surface area contributed by atoms with Crippen LogP contribution in [0.15, 0.2) is 29.1 Å². The molecule has 0 atom stereocenters. The van der Waals surface area contributed by atoms with Gasteiger partial charge in [0.15, 0.2) is 0 Å². The zero-order valence-corrected chi connectivity index (χ0v) is 10.7. The monoisotopic (exact) mass is 316 g/mol. The predicted molar refractivity (Wildman–Crippen MR) is 64.9 cm³/mol. The molecule has 0 saturated heterocycles. The number of nitrogens with zero attached hydrogens (tertiary/aromatic N) is 4. The van der Waals surface area contributed by atoms with Crippen LogP contribution in [0.25, 0.3) is 0 Å². The van der Waals surface area contributed by atoms with Gasteiger partial charge in [0.2, 0.25) is 0 Å². The van der Waals surface area contributed by atoms with Gasteiger partial charge in [-0.15, -0.1) is 0 Å². The molecule has 6 nitrogen and oxygen atoms in total. The van der Waals surface area contributed by atoms with Gasteiger partial charge in [-0.2, -0.15) is 4.68 Å². The van der Waals surface area contributed by atoms with E-state index in [4.69, 9.17) is 11.6 Å². The Morgan fingerprint density at radius 2 is 2.35 bits per heavy atom. The summed E-state index contributed by atoms with van der Waals surface area (Å²) in [5.74, 6) is -0.213. The first-order valence-electron chi connectivity index (χ1n) is 4.53. The molecule has 0 aliphatic heterocycles. The van der Waals surface area contributed by atoms with Gasteiger partial charge in [0.1, 0.15) is 4.47 Å². The minimum Gasteiger partial charge on any atom is -0.358 e. The van der Waals surface area contributed by atoms with Crippen molar-refractivity contribution < 1.29 is 4.92 Å². The van der Waals surface area contributed by atoms with Crippen LogP contribution in [-0.4, -0.2) is 19.7 Å². The van der Waals surface area contributed by atoms with E-state index in [-0.39, 0.29) is 5.82 Å². The molecule has 17 heavy (non-hydrogen) atoms. The Morgan fingerprint density at radius 1 is 1.59 bits per heavy atom. The minimum atomic E-state index is -0.547. The summed E-state index contributed by atoms with van der Waals surface area (Å²) >= 11 is 9.01. The van der Waals surface area contributed by atoms with Crippen LogP contribution in [0.5, 0.6) is 0 Å². The van der Waals surface area contributed by atoms with Crippen molar-refractivity contribution in [3.63, 3.8) is 0 Å². The van der Waals surface area contributed by atoms with Gasteiger partial charge in [0.05, 0.1) is 22.9 Å². The van der Waals surface area contributed by atoms with Crippen molar-refractivity contribution >= 4 is 33.3 Å². The molecule has 2 heterocycles. The highest BCUT2D eigenvalue weighted by Crippen LogP contribution is 2.23. The third kappa shape index (κ3) is 2.62. The van der Waals surface area contributed by atoms with Crippen molar-refractivity contribution in [2.24, 2.45) is 0 Å². The van der Waals surface area contributed by atoms with Gasteiger partial charge < -0.3 is 10.1 Å². The molecular weight excluding hydrogens is 311 g/mol. The average molecular weight is 318 g/mol. The zero-order valence-electron chi connectivity index (χ0n) is 8.38. The van der Waals surface area contributed by atoms with Crippen molar-refractivity contribution in [3.8, 4) is 0 Å². The Labute approximate surface area is 110 Å². The highest BCUT2D eigenvalue weighted by molar-refractivity contribution is 9.10. The van der Waals surface area contributed by atoms with E-state index in [1.807, 2.05) is 0 Å². The summed E-state index contributed by atoms with van der Waals surface area (Å²) in [6, 6.07) is 1.74. The van der Waals surface area contributed by atoms with Crippen LogP contribution in [0.2, 0.25) is 5.02 Å². The summed E-state index contributed by atoms with van der Waals surface area (Å²) in [6.07, 6.45) is 4.66. The van der Waals surface area contributed by atoms with Crippen molar-refractivity contribution in [2.75, 3.05) is 0 Å². The zero-order chi connectivity index (χ0) is 12.4. The summed E-state index contributed by atoms with van der Waals surface area (Å²) in [7, 11) is 0.